The smallest absolute Gasteiger partial charge is 0.237 e. The lowest BCUT2D eigenvalue weighted by Crippen LogP contribution is -2.56. The van der Waals surface area contributed by atoms with Gasteiger partial charge in [0.25, 0.3) is 0 Å². The lowest BCUT2D eigenvalue weighted by atomic mass is 10.1. The van der Waals surface area contributed by atoms with E-state index in [0.29, 0.717) is 19.6 Å². The molecule has 7 heteroatoms. The zero-order chi connectivity index (χ0) is 20.8. The number of carbonyl (C=O) groups is 2. The largest absolute Gasteiger partial charge is 0.356 e. The fourth-order valence-corrected chi connectivity index (χ4v) is 3.96. The highest BCUT2D eigenvalue weighted by Crippen LogP contribution is 2.15. The van der Waals surface area contributed by atoms with Crippen molar-refractivity contribution in [1.82, 2.24) is 25.1 Å². The summed E-state index contributed by atoms with van der Waals surface area (Å²) in [6.45, 7) is 3.36. The molecule has 0 unspecified atom stereocenters. The molecular formula is C23H27N5O2. The average molecular weight is 406 g/mol. The summed E-state index contributed by atoms with van der Waals surface area (Å²) in [5, 5.41) is 7.07. The first-order chi connectivity index (χ1) is 14.7. The molecule has 1 atom stereocenters. The van der Waals surface area contributed by atoms with E-state index in [1.807, 2.05) is 24.3 Å². The molecule has 1 aliphatic heterocycles. The Bertz CT molecular complexity index is 1000. The van der Waals surface area contributed by atoms with Gasteiger partial charge in [0.15, 0.2) is 0 Å². The van der Waals surface area contributed by atoms with Gasteiger partial charge in [-0.3, -0.25) is 19.5 Å². The number of para-hydroxylation sites is 1. The molecule has 3 heterocycles. The highest BCUT2D eigenvalue weighted by Gasteiger charge is 2.31. The minimum absolute atomic E-state index is 0.0842. The van der Waals surface area contributed by atoms with Crippen LogP contribution in [0.15, 0.2) is 61.1 Å². The van der Waals surface area contributed by atoms with Crippen LogP contribution in [0.3, 0.4) is 0 Å². The van der Waals surface area contributed by atoms with E-state index in [9.17, 15) is 9.59 Å². The molecule has 3 aromatic rings. The number of benzene rings is 1. The molecule has 1 aromatic carbocycles. The second-order valence-electron chi connectivity index (χ2n) is 7.61. The first-order valence-electron chi connectivity index (χ1n) is 10.4. The van der Waals surface area contributed by atoms with E-state index in [-0.39, 0.29) is 18.2 Å². The van der Waals surface area contributed by atoms with Gasteiger partial charge in [-0.1, -0.05) is 24.3 Å². The molecule has 0 spiro atoms. The number of hydrogen-bond acceptors (Lipinski definition) is 4. The summed E-state index contributed by atoms with van der Waals surface area (Å²) in [4.78, 5) is 31.1. The molecule has 1 saturated heterocycles. The highest BCUT2D eigenvalue weighted by atomic mass is 16.2. The molecule has 30 heavy (non-hydrogen) atoms. The van der Waals surface area contributed by atoms with Crippen LogP contribution in [0.25, 0.3) is 10.9 Å². The van der Waals surface area contributed by atoms with Gasteiger partial charge < -0.3 is 15.2 Å². The van der Waals surface area contributed by atoms with Crippen molar-refractivity contribution in [1.29, 1.82) is 0 Å². The monoisotopic (exact) mass is 405 g/mol. The summed E-state index contributed by atoms with van der Waals surface area (Å²) in [7, 11) is 0. The van der Waals surface area contributed by atoms with Gasteiger partial charge >= 0.3 is 0 Å². The van der Waals surface area contributed by atoms with E-state index in [4.69, 9.17) is 0 Å². The first-order valence-corrected chi connectivity index (χ1v) is 10.4. The van der Waals surface area contributed by atoms with Gasteiger partial charge in [0.1, 0.15) is 0 Å². The highest BCUT2D eigenvalue weighted by molar-refractivity contribution is 5.88. The zero-order valence-corrected chi connectivity index (χ0v) is 17.0. The molecule has 0 saturated carbocycles. The minimum atomic E-state index is -0.452. The van der Waals surface area contributed by atoms with Crippen LogP contribution in [0, 0.1) is 0 Å². The van der Waals surface area contributed by atoms with Crippen molar-refractivity contribution >= 4 is 22.7 Å². The van der Waals surface area contributed by atoms with E-state index in [2.05, 4.69) is 49.5 Å². The summed E-state index contributed by atoms with van der Waals surface area (Å²) in [6, 6.07) is 13.8. The summed E-state index contributed by atoms with van der Waals surface area (Å²) in [5.74, 6) is -0.176. The lowest BCUT2D eigenvalue weighted by Gasteiger charge is -2.34. The number of amides is 2. The van der Waals surface area contributed by atoms with Crippen LogP contribution in [0.5, 0.6) is 0 Å². The van der Waals surface area contributed by atoms with Gasteiger partial charge in [0.05, 0.1) is 12.5 Å². The van der Waals surface area contributed by atoms with Crippen molar-refractivity contribution < 1.29 is 9.59 Å². The summed E-state index contributed by atoms with van der Waals surface area (Å²) >= 11 is 0. The second-order valence-corrected chi connectivity index (χ2v) is 7.61. The molecule has 2 N–H and O–H groups in total. The summed E-state index contributed by atoms with van der Waals surface area (Å²) in [5.41, 5.74) is 2.24. The van der Waals surface area contributed by atoms with Crippen LogP contribution in [0.4, 0.5) is 0 Å². The number of nitrogens with one attached hydrogen (secondary N) is 2. The molecule has 1 aliphatic rings. The third kappa shape index (κ3) is 4.86. The van der Waals surface area contributed by atoms with Gasteiger partial charge in [0, 0.05) is 56.8 Å². The Morgan fingerprint density at radius 1 is 1.20 bits per heavy atom. The molecule has 4 rings (SSSR count). The van der Waals surface area contributed by atoms with E-state index in [0.717, 1.165) is 25.1 Å². The van der Waals surface area contributed by atoms with E-state index in [1.54, 1.807) is 12.4 Å². The Hall–Kier alpha value is -3.19. The molecule has 0 radical (unpaired) electrons. The molecule has 0 aliphatic carbocycles. The molecule has 2 amide bonds. The van der Waals surface area contributed by atoms with Crippen molar-refractivity contribution in [3.63, 3.8) is 0 Å². The van der Waals surface area contributed by atoms with Crippen molar-refractivity contribution in [3.8, 4) is 0 Å². The number of nitrogens with zero attached hydrogens (tertiary/aromatic N) is 3. The minimum Gasteiger partial charge on any atom is -0.356 e. The zero-order valence-electron chi connectivity index (χ0n) is 17.0. The Morgan fingerprint density at radius 2 is 2.10 bits per heavy atom. The quantitative estimate of drug-likeness (QED) is 0.562. The Labute approximate surface area is 176 Å². The number of fused-ring (bicyclic) bond motifs is 1. The number of aryl methyl sites for hydroxylation is 1. The summed E-state index contributed by atoms with van der Waals surface area (Å²) in [6.07, 6.45) is 6.61. The standard InChI is InChI=1S/C23H27N5O2/c29-22(25-10-4-12-27-13-8-19-6-1-2-7-20(19)27)15-21-23(30)26-11-14-28(21)17-18-5-3-9-24-16-18/h1-3,5-9,13,16,21H,4,10-12,14-15,17H2,(H,25,29)(H,26,30)/t21-/m1/s1. The van der Waals surface area contributed by atoms with Crippen LogP contribution < -0.4 is 10.6 Å². The third-order valence-corrected chi connectivity index (χ3v) is 5.51. The predicted octanol–water partition coefficient (Wildman–Crippen LogP) is 1.93. The van der Waals surface area contributed by atoms with Crippen LogP contribution in [-0.4, -0.2) is 51.9 Å². The second kappa shape index (κ2) is 9.54. The number of pyridine rings is 1. The molecule has 0 bridgehead atoms. The number of carbonyl (C=O) groups excluding carboxylic acids is 2. The first kappa shape index (κ1) is 20.1. The van der Waals surface area contributed by atoms with Crippen molar-refractivity contribution in [2.45, 2.75) is 32.0 Å². The van der Waals surface area contributed by atoms with Crippen LogP contribution >= 0.6 is 0 Å². The fourth-order valence-electron chi connectivity index (χ4n) is 3.96. The van der Waals surface area contributed by atoms with Crippen LogP contribution in [0.1, 0.15) is 18.4 Å². The van der Waals surface area contributed by atoms with Gasteiger partial charge in [-0.15, -0.1) is 0 Å². The predicted molar refractivity (Wildman–Crippen MR) is 116 cm³/mol. The van der Waals surface area contributed by atoms with Crippen LogP contribution in [0.2, 0.25) is 0 Å². The topological polar surface area (TPSA) is 79.3 Å². The molecule has 156 valence electrons. The number of hydrogen-bond donors (Lipinski definition) is 2. The SMILES string of the molecule is O=C(C[C@@H]1C(=O)NCCN1Cc1cccnc1)NCCCn1ccc2ccccc21. The molecule has 2 aromatic heterocycles. The van der Waals surface area contributed by atoms with Crippen molar-refractivity contribution in [3.05, 3.63) is 66.6 Å². The third-order valence-electron chi connectivity index (χ3n) is 5.51. The maximum absolute atomic E-state index is 12.5. The molecule has 1 fully saturated rings. The fraction of sp³-hybridized carbons (Fsp3) is 0.348. The molecular weight excluding hydrogens is 378 g/mol. The maximum Gasteiger partial charge on any atom is 0.237 e. The summed E-state index contributed by atoms with van der Waals surface area (Å²) < 4.78 is 2.20. The van der Waals surface area contributed by atoms with Crippen molar-refractivity contribution in [2.75, 3.05) is 19.6 Å². The normalized spacial score (nSPS) is 17.1. The molecule has 7 nitrogen and oxygen atoms in total. The number of rotatable bonds is 8. The Balaban J connectivity index is 1.27. The maximum atomic E-state index is 12.5. The van der Waals surface area contributed by atoms with E-state index < -0.39 is 6.04 Å². The van der Waals surface area contributed by atoms with Gasteiger partial charge in [-0.25, -0.2) is 0 Å². The van der Waals surface area contributed by atoms with Gasteiger partial charge in [0.2, 0.25) is 11.8 Å². The number of piperazine rings is 1. The van der Waals surface area contributed by atoms with Crippen molar-refractivity contribution in [2.24, 2.45) is 0 Å². The number of aromatic nitrogens is 2. The Kier molecular flexibility index (Phi) is 6.39. The lowest BCUT2D eigenvalue weighted by molar-refractivity contribution is -0.134. The van der Waals surface area contributed by atoms with Gasteiger partial charge in [-0.2, -0.15) is 0 Å². The van der Waals surface area contributed by atoms with Crippen LogP contribution in [-0.2, 0) is 22.7 Å². The van der Waals surface area contributed by atoms with E-state index in [1.165, 1.54) is 10.9 Å². The van der Waals surface area contributed by atoms with Gasteiger partial charge in [-0.05, 0) is 35.6 Å². The van der Waals surface area contributed by atoms with E-state index >= 15 is 0 Å². The average Bonchev–Trinajstić information content (AvgIpc) is 3.18. The Morgan fingerprint density at radius 3 is 2.97 bits per heavy atom.